The van der Waals surface area contributed by atoms with Crippen molar-refractivity contribution in [3.63, 3.8) is 0 Å². The Morgan fingerprint density at radius 3 is 2.22 bits per heavy atom. The van der Waals surface area contributed by atoms with Gasteiger partial charge in [0.2, 0.25) is 5.91 Å². The standard InChI is InChI=1S/C23H24N2O2/c1-3-27-22-14-12-20(13-15-22)7-6-19-8-10-21(11-9-19)17-18(2)25-23(26)5-4-16-24/h8-15,18H,3-5,17H2,1-2H3,(H,25,26). The van der Waals surface area contributed by atoms with Crippen LogP contribution in [0.5, 0.6) is 5.75 Å². The van der Waals surface area contributed by atoms with Crippen LogP contribution in [0.2, 0.25) is 0 Å². The van der Waals surface area contributed by atoms with E-state index in [0.717, 1.165) is 28.9 Å². The van der Waals surface area contributed by atoms with Crippen molar-refractivity contribution in [1.82, 2.24) is 5.32 Å². The third-order valence-corrected chi connectivity index (χ3v) is 3.88. The van der Waals surface area contributed by atoms with Crippen molar-refractivity contribution >= 4 is 5.91 Å². The summed E-state index contributed by atoms with van der Waals surface area (Å²) in [6.07, 6.45) is 1.24. The molecule has 0 radical (unpaired) electrons. The molecule has 0 heterocycles. The van der Waals surface area contributed by atoms with Gasteiger partial charge in [0.05, 0.1) is 12.7 Å². The van der Waals surface area contributed by atoms with E-state index in [1.807, 2.05) is 68.4 Å². The fourth-order valence-corrected chi connectivity index (χ4v) is 2.59. The van der Waals surface area contributed by atoms with Crippen molar-refractivity contribution in [1.29, 1.82) is 5.26 Å². The van der Waals surface area contributed by atoms with Crippen molar-refractivity contribution in [3.05, 3.63) is 65.2 Å². The maximum Gasteiger partial charge on any atom is 0.221 e. The van der Waals surface area contributed by atoms with Gasteiger partial charge in [-0.2, -0.15) is 5.26 Å². The lowest BCUT2D eigenvalue weighted by Gasteiger charge is -2.13. The number of nitriles is 1. The van der Waals surface area contributed by atoms with Gasteiger partial charge in [-0.25, -0.2) is 0 Å². The number of carbonyl (C=O) groups excluding carboxylic acids is 1. The van der Waals surface area contributed by atoms with Gasteiger partial charge in [0.15, 0.2) is 0 Å². The summed E-state index contributed by atoms with van der Waals surface area (Å²) in [5, 5.41) is 11.4. The van der Waals surface area contributed by atoms with Crippen LogP contribution in [0.4, 0.5) is 0 Å². The SMILES string of the molecule is CCOc1ccc(C#Cc2ccc(CC(C)NC(=O)CCC#N)cc2)cc1. The van der Waals surface area contributed by atoms with Gasteiger partial charge in [0.25, 0.3) is 0 Å². The van der Waals surface area contributed by atoms with Gasteiger partial charge in [-0.1, -0.05) is 24.0 Å². The van der Waals surface area contributed by atoms with E-state index in [4.69, 9.17) is 10.00 Å². The van der Waals surface area contributed by atoms with Gasteiger partial charge in [0.1, 0.15) is 5.75 Å². The Bertz CT molecular complexity index is 837. The highest BCUT2D eigenvalue weighted by Gasteiger charge is 2.07. The Kier molecular flexibility index (Phi) is 7.94. The summed E-state index contributed by atoms with van der Waals surface area (Å²) >= 11 is 0. The molecule has 2 rings (SSSR count). The second-order valence-corrected chi connectivity index (χ2v) is 6.24. The van der Waals surface area contributed by atoms with Crippen LogP contribution >= 0.6 is 0 Å². The van der Waals surface area contributed by atoms with Gasteiger partial charge in [0, 0.05) is 30.0 Å². The van der Waals surface area contributed by atoms with Crippen LogP contribution in [-0.2, 0) is 11.2 Å². The molecule has 1 atom stereocenters. The van der Waals surface area contributed by atoms with Crippen LogP contribution in [-0.4, -0.2) is 18.6 Å². The average molecular weight is 360 g/mol. The highest BCUT2D eigenvalue weighted by Crippen LogP contribution is 2.12. The minimum Gasteiger partial charge on any atom is -0.494 e. The maximum absolute atomic E-state index is 11.6. The smallest absolute Gasteiger partial charge is 0.221 e. The first-order valence-electron chi connectivity index (χ1n) is 9.11. The van der Waals surface area contributed by atoms with Crippen LogP contribution in [0.25, 0.3) is 0 Å². The van der Waals surface area contributed by atoms with Crippen molar-refractivity contribution in [3.8, 4) is 23.7 Å². The summed E-state index contributed by atoms with van der Waals surface area (Å²) in [6, 6.07) is 17.8. The topological polar surface area (TPSA) is 62.1 Å². The van der Waals surface area contributed by atoms with Gasteiger partial charge in [-0.15, -0.1) is 0 Å². The lowest BCUT2D eigenvalue weighted by Crippen LogP contribution is -2.33. The first kappa shape index (κ1) is 20.1. The minimum absolute atomic E-state index is 0.0250. The number of benzene rings is 2. The fourth-order valence-electron chi connectivity index (χ4n) is 2.59. The molecular weight excluding hydrogens is 336 g/mol. The highest BCUT2D eigenvalue weighted by molar-refractivity contribution is 5.76. The second kappa shape index (κ2) is 10.7. The molecule has 2 aromatic carbocycles. The quantitative estimate of drug-likeness (QED) is 0.763. The van der Waals surface area contributed by atoms with Crippen LogP contribution < -0.4 is 10.1 Å². The monoisotopic (exact) mass is 360 g/mol. The van der Waals surface area contributed by atoms with Crippen molar-refractivity contribution in [2.24, 2.45) is 0 Å². The highest BCUT2D eigenvalue weighted by atomic mass is 16.5. The molecule has 0 aliphatic heterocycles. The molecule has 0 aliphatic carbocycles. The Morgan fingerprint density at radius 2 is 1.67 bits per heavy atom. The molecule has 4 nitrogen and oxygen atoms in total. The predicted octanol–water partition coefficient (Wildman–Crippen LogP) is 3.84. The molecule has 0 aromatic heterocycles. The zero-order valence-electron chi connectivity index (χ0n) is 15.8. The number of rotatable bonds is 7. The lowest BCUT2D eigenvalue weighted by atomic mass is 10.0. The molecule has 0 saturated carbocycles. The molecule has 4 heteroatoms. The summed E-state index contributed by atoms with van der Waals surface area (Å²) in [4.78, 5) is 11.6. The molecule has 0 spiro atoms. The second-order valence-electron chi connectivity index (χ2n) is 6.24. The third-order valence-electron chi connectivity index (χ3n) is 3.88. The summed E-state index contributed by atoms with van der Waals surface area (Å²) in [5.41, 5.74) is 3.02. The minimum atomic E-state index is -0.0816. The molecule has 2 aromatic rings. The van der Waals surface area contributed by atoms with Gasteiger partial charge in [-0.05, 0) is 62.2 Å². The molecule has 0 aliphatic rings. The normalized spacial score (nSPS) is 10.9. The zero-order valence-corrected chi connectivity index (χ0v) is 15.8. The molecule has 1 unspecified atom stereocenters. The van der Waals surface area contributed by atoms with Gasteiger partial charge < -0.3 is 10.1 Å². The first-order chi connectivity index (χ1) is 13.1. The van der Waals surface area contributed by atoms with Crippen molar-refractivity contribution in [2.45, 2.75) is 39.2 Å². The molecule has 0 fully saturated rings. The largest absolute Gasteiger partial charge is 0.494 e. The number of hydrogen-bond acceptors (Lipinski definition) is 3. The summed E-state index contributed by atoms with van der Waals surface area (Å²) in [6.45, 7) is 4.57. The Hall–Kier alpha value is -3.24. The van der Waals surface area contributed by atoms with E-state index < -0.39 is 0 Å². The van der Waals surface area contributed by atoms with E-state index in [2.05, 4.69) is 17.2 Å². The van der Waals surface area contributed by atoms with E-state index in [0.29, 0.717) is 6.61 Å². The van der Waals surface area contributed by atoms with Crippen LogP contribution in [0.1, 0.15) is 43.4 Å². The average Bonchev–Trinajstić information content (AvgIpc) is 2.67. The van der Waals surface area contributed by atoms with Gasteiger partial charge in [-0.3, -0.25) is 4.79 Å². The molecule has 138 valence electrons. The molecule has 1 N–H and O–H groups in total. The number of hydrogen-bond donors (Lipinski definition) is 1. The van der Waals surface area contributed by atoms with E-state index in [-0.39, 0.29) is 24.8 Å². The number of ether oxygens (including phenoxy) is 1. The zero-order chi connectivity index (χ0) is 19.5. The molecule has 27 heavy (non-hydrogen) atoms. The van der Waals surface area contributed by atoms with Crippen LogP contribution in [0, 0.1) is 23.2 Å². The Morgan fingerprint density at radius 1 is 1.07 bits per heavy atom. The van der Waals surface area contributed by atoms with Crippen LogP contribution in [0.15, 0.2) is 48.5 Å². The number of nitrogens with one attached hydrogen (secondary N) is 1. The summed E-state index contributed by atoms with van der Waals surface area (Å²) in [5.74, 6) is 7.07. The van der Waals surface area contributed by atoms with E-state index in [9.17, 15) is 4.79 Å². The maximum atomic E-state index is 11.6. The molecule has 1 amide bonds. The number of nitrogens with zero attached hydrogens (tertiary/aromatic N) is 1. The number of amides is 1. The lowest BCUT2D eigenvalue weighted by molar-refractivity contribution is -0.121. The first-order valence-corrected chi connectivity index (χ1v) is 9.11. The third kappa shape index (κ3) is 7.26. The summed E-state index contributed by atoms with van der Waals surface area (Å²) < 4.78 is 5.42. The van der Waals surface area contributed by atoms with E-state index >= 15 is 0 Å². The van der Waals surface area contributed by atoms with Crippen molar-refractivity contribution in [2.75, 3.05) is 6.61 Å². The molecular formula is C23H24N2O2. The van der Waals surface area contributed by atoms with Crippen LogP contribution in [0.3, 0.4) is 0 Å². The Labute approximate surface area is 161 Å². The Balaban J connectivity index is 1.90. The summed E-state index contributed by atoms with van der Waals surface area (Å²) in [7, 11) is 0. The van der Waals surface area contributed by atoms with Crippen molar-refractivity contribution < 1.29 is 9.53 Å². The van der Waals surface area contributed by atoms with Gasteiger partial charge >= 0.3 is 0 Å². The number of carbonyl (C=O) groups is 1. The fraction of sp³-hybridized carbons (Fsp3) is 0.304. The van der Waals surface area contributed by atoms with E-state index in [1.165, 1.54) is 0 Å². The molecule has 0 saturated heterocycles. The van der Waals surface area contributed by atoms with E-state index in [1.54, 1.807) is 0 Å². The molecule has 0 bridgehead atoms. The predicted molar refractivity (Wildman–Crippen MR) is 106 cm³/mol.